The van der Waals surface area contributed by atoms with E-state index in [-0.39, 0.29) is 17.5 Å². The van der Waals surface area contributed by atoms with Crippen LogP contribution in [0, 0.1) is 0 Å². The Hall–Kier alpha value is -3.22. The van der Waals surface area contributed by atoms with Gasteiger partial charge in [-0.3, -0.25) is 9.69 Å². The summed E-state index contributed by atoms with van der Waals surface area (Å²) in [5, 5.41) is 9.45. The monoisotopic (exact) mass is 335 g/mol. The van der Waals surface area contributed by atoms with Gasteiger partial charge in [-0.05, 0) is 46.2 Å². The van der Waals surface area contributed by atoms with E-state index in [1.165, 1.54) is 4.68 Å². The molecule has 1 aliphatic rings. The second kappa shape index (κ2) is 6.01. The fraction of sp³-hybridized carbons (Fsp3) is 0.222. The van der Waals surface area contributed by atoms with Crippen molar-refractivity contribution in [3.05, 3.63) is 70.1 Å². The van der Waals surface area contributed by atoms with Crippen LogP contribution >= 0.6 is 0 Å². The fourth-order valence-electron chi connectivity index (χ4n) is 3.30. The lowest BCUT2D eigenvalue weighted by Crippen LogP contribution is -2.23. The number of rotatable bonds is 4. The van der Waals surface area contributed by atoms with Gasteiger partial charge in [-0.15, -0.1) is 0 Å². The van der Waals surface area contributed by atoms with Crippen LogP contribution in [0.3, 0.4) is 0 Å². The summed E-state index contributed by atoms with van der Waals surface area (Å²) in [5.41, 5.74) is 3.41. The Morgan fingerprint density at radius 3 is 2.52 bits per heavy atom. The molecule has 2 aromatic carbocycles. The van der Waals surface area contributed by atoms with Gasteiger partial charge in [-0.2, -0.15) is 4.68 Å². The quantitative estimate of drug-likeness (QED) is 0.792. The molecule has 7 nitrogen and oxygen atoms in total. The lowest BCUT2D eigenvalue weighted by molar-refractivity contribution is -0.118. The summed E-state index contributed by atoms with van der Waals surface area (Å²) in [6.07, 6.45) is 0.777. The standard InChI is InChI=1S/C18H17N5O2/c1-2-14-15-5-3-4-6-16(15)23(17(14)24)13-9-7-12(8-10-13)11-22-18(25)19-20-21-22/h3-10,14H,2,11H2,1H3,(H,19,21,25). The first kappa shape index (κ1) is 15.3. The minimum absolute atomic E-state index is 0.0930. The highest BCUT2D eigenvalue weighted by atomic mass is 16.2. The number of aromatic nitrogens is 4. The molecular weight excluding hydrogens is 318 g/mol. The summed E-state index contributed by atoms with van der Waals surface area (Å²) >= 11 is 0. The van der Waals surface area contributed by atoms with Gasteiger partial charge in [-0.1, -0.05) is 37.3 Å². The Labute approximate surface area is 143 Å². The molecule has 2 heterocycles. The number of hydrogen-bond acceptors (Lipinski definition) is 4. The van der Waals surface area contributed by atoms with Crippen LogP contribution in [0.25, 0.3) is 0 Å². The SMILES string of the molecule is CCC1C(=O)N(c2ccc(Cn3nn[nH]c3=O)cc2)c2ccccc21. The number of aromatic amines is 1. The minimum atomic E-state index is -0.349. The highest BCUT2D eigenvalue weighted by Gasteiger charge is 2.36. The van der Waals surface area contributed by atoms with Gasteiger partial charge in [0.15, 0.2) is 0 Å². The van der Waals surface area contributed by atoms with Gasteiger partial charge in [0.2, 0.25) is 5.91 Å². The molecule has 0 aliphatic carbocycles. The third-order valence-corrected chi connectivity index (χ3v) is 4.54. The molecule has 0 fully saturated rings. The van der Waals surface area contributed by atoms with Gasteiger partial charge < -0.3 is 0 Å². The maximum absolute atomic E-state index is 12.8. The van der Waals surface area contributed by atoms with Crippen molar-refractivity contribution in [3.8, 4) is 0 Å². The van der Waals surface area contributed by atoms with Gasteiger partial charge in [0, 0.05) is 5.69 Å². The number of fused-ring (bicyclic) bond motifs is 1. The molecule has 7 heteroatoms. The zero-order chi connectivity index (χ0) is 17.4. The molecule has 1 N–H and O–H groups in total. The van der Waals surface area contributed by atoms with Gasteiger partial charge in [0.25, 0.3) is 0 Å². The second-order valence-corrected chi connectivity index (χ2v) is 6.02. The van der Waals surface area contributed by atoms with Crippen LogP contribution in [-0.4, -0.2) is 26.1 Å². The van der Waals surface area contributed by atoms with E-state index in [9.17, 15) is 9.59 Å². The summed E-state index contributed by atoms with van der Waals surface area (Å²) in [4.78, 5) is 26.1. The van der Waals surface area contributed by atoms with Gasteiger partial charge in [-0.25, -0.2) is 9.89 Å². The Bertz CT molecular complexity index is 973. The Balaban J connectivity index is 1.65. The molecule has 0 radical (unpaired) electrons. The molecule has 25 heavy (non-hydrogen) atoms. The van der Waals surface area contributed by atoms with Gasteiger partial charge >= 0.3 is 5.69 Å². The first-order valence-corrected chi connectivity index (χ1v) is 8.19. The molecule has 4 rings (SSSR count). The summed E-state index contributed by atoms with van der Waals surface area (Å²) in [7, 11) is 0. The van der Waals surface area contributed by atoms with Crippen molar-refractivity contribution in [2.45, 2.75) is 25.8 Å². The van der Waals surface area contributed by atoms with Crippen LogP contribution in [0.15, 0.2) is 53.3 Å². The summed E-state index contributed by atoms with van der Waals surface area (Å²) in [5.74, 6) is 0.00811. The third kappa shape index (κ3) is 2.53. The fourth-order valence-corrected chi connectivity index (χ4v) is 3.30. The Kier molecular flexibility index (Phi) is 3.68. The average Bonchev–Trinajstić information content (AvgIpc) is 3.16. The normalized spacial score (nSPS) is 16.3. The van der Waals surface area contributed by atoms with E-state index in [4.69, 9.17) is 0 Å². The van der Waals surface area contributed by atoms with E-state index in [2.05, 4.69) is 15.5 Å². The number of hydrogen-bond donors (Lipinski definition) is 1. The van der Waals surface area contributed by atoms with Crippen LogP contribution in [-0.2, 0) is 11.3 Å². The highest BCUT2D eigenvalue weighted by Crippen LogP contribution is 2.43. The highest BCUT2D eigenvalue weighted by molar-refractivity contribution is 6.10. The number of para-hydroxylation sites is 1. The zero-order valence-electron chi connectivity index (χ0n) is 13.7. The number of amides is 1. The lowest BCUT2D eigenvalue weighted by Gasteiger charge is -2.18. The Morgan fingerprint density at radius 2 is 1.84 bits per heavy atom. The lowest BCUT2D eigenvalue weighted by atomic mass is 9.98. The molecule has 1 unspecified atom stereocenters. The number of benzene rings is 2. The van der Waals surface area contributed by atoms with Crippen molar-refractivity contribution in [3.63, 3.8) is 0 Å². The van der Waals surface area contributed by atoms with Crippen molar-refractivity contribution in [1.82, 2.24) is 20.2 Å². The van der Waals surface area contributed by atoms with E-state index in [0.29, 0.717) is 6.54 Å². The average molecular weight is 335 g/mol. The van der Waals surface area contributed by atoms with Crippen LogP contribution in [0.5, 0.6) is 0 Å². The van der Waals surface area contributed by atoms with Crippen LogP contribution in [0.4, 0.5) is 11.4 Å². The number of anilines is 2. The Morgan fingerprint density at radius 1 is 1.08 bits per heavy atom. The molecular formula is C18H17N5O2. The maximum Gasteiger partial charge on any atom is 0.361 e. The minimum Gasteiger partial charge on any atom is -0.280 e. The second-order valence-electron chi connectivity index (χ2n) is 6.02. The van der Waals surface area contributed by atoms with Crippen LogP contribution < -0.4 is 10.6 Å². The zero-order valence-corrected chi connectivity index (χ0v) is 13.7. The summed E-state index contributed by atoms with van der Waals surface area (Å²) < 4.78 is 1.25. The van der Waals surface area contributed by atoms with E-state index in [1.807, 2.05) is 55.5 Å². The van der Waals surface area contributed by atoms with Gasteiger partial charge in [0.05, 0.1) is 18.2 Å². The predicted octanol–water partition coefficient (Wildman–Crippen LogP) is 2.19. The number of tetrazole rings is 1. The number of H-pyrrole nitrogens is 1. The number of carbonyl (C=O) groups excluding carboxylic acids is 1. The summed E-state index contributed by atoms with van der Waals surface area (Å²) in [6, 6.07) is 15.5. The van der Waals surface area contributed by atoms with Crippen molar-refractivity contribution in [2.24, 2.45) is 0 Å². The van der Waals surface area contributed by atoms with E-state index in [1.54, 1.807) is 4.90 Å². The largest absolute Gasteiger partial charge is 0.361 e. The molecule has 1 amide bonds. The van der Waals surface area contributed by atoms with E-state index < -0.39 is 0 Å². The first-order chi connectivity index (χ1) is 12.2. The topological polar surface area (TPSA) is 83.9 Å². The number of carbonyl (C=O) groups is 1. The molecule has 1 aliphatic heterocycles. The maximum atomic E-state index is 12.8. The van der Waals surface area contributed by atoms with Crippen molar-refractivity contribution in [2.75, 3.05) is 4.90 Å². The van der Waals surface area contributed by atoms with Crippen LogP contribution in [0.1, 0.15) is 30.4 Å². The van der Waals surface area contributed by atoms with Crippen molar-refractivity contribution < 1.29 is 4.79 Å². The molecule has 0 saturated carbocycles. The molecule has 1 atom stereocenters. The van der Waals surface area contributed by atoms with Gasteiger partial charge in [0.1, 0.15) is 0 Å². The summed E-state index contributed by atoms with van der Waals surface area (Å²) in [6.45, 7) is 2.36. The van der Waals surface area contributed by atoms with E-state index in [0.717, 1.165) is 28.9 Å². The smallest absolute Gasteiger partial charge is 0.280 e. The molecule has 0 spiro atoms. The molecule has 0 saturated heterocycles. The molecule has 1 aromatic heterocycles. The number of nitrogens with one attached hydrogen (secondary N) is 1. The predicted molar refractivity (Wildman–Crippen MR) is 92.8 cm³/mol. The van der Waals surface area contributed by atoms with Crippen molar-refractivity contribution >= 4 is 17.3 Å². The molecule has 0 bridgehead atoms. The van der Waals surface area contributed by atoms with E-state index >= 15 is 0 Å². The first-order valence-electron chi connectivity index (χ1n) is 8.19. The molecule has 126 valence electrons. The van der Waals surface area contributed by atoms with Crippen LogP contribution in [0.2, 0.25) is 0 Å². The van der Waals surface area contributed by atoms with Crippen molar-refractivity contribution in [1.29, 1.82) is 0 Å². The number of nitrogens with zero attached hydrogens (tertiary/aromatic N) is 4. The third-order valence-electron chi connectivity index (χ3n) is 4.54. The molecule has 3 aromatic rings.